The van der Waals surface area contributed by atoms with Crippen molar-refractivity contribution in [3.05, 3.63) is 0 Å². The van der Waals surface area contributed by atoms with Crippen molar-refractivity contribution in [2.75, 3.05) is 26.4 Å². The molecule has 2 aliphatic rings. The maximum absolute atomic E-state index is 11.9. The number of carbonyl (C=O) groups excluding carboxylic acids is 1. The number of nitrogens with two attached hydrogens (primary N) is 1. The summed E-state index contributed by atoms with van der Waals surface area (Å²) >= 11 is 0. The fourth-order valence-corrected chi connectivity index (χ4v) is 1.92. The molecule has 1 aliphatic heterocycles. The first-order valence-corrected chi connectivity index (χ1v) is 5.87. The molecule has 16 heavy (non-hydrogen) atoms. The van der Waals surface area contributed by atoms with Crippen molar-refractivity contribution in [3.63, 3.8) is 0 Å². The molecule has 2 atom stereocenters. The third-order valence-corrected chi connectivity index (χ3v) is 3.29. The third kappa shape index (κ3) is 2.72. The largest absolute Gasteiger partial charge is 0.376 e. The molecule has 2 rings (SSSR count). The summed E-state index contributed by atoms with van der Waals surface area (Å²) in [6, 6.07) is 0. The molecule has 0 aromatic heterocycles. The molecule has 0 aromatic carbocycles. The first-order chi connectivity index (χ1) is 7.60. The summed E-state index contributed by atoms with van der Waals surface area (Å²) in [7, 11) is 0. The number of hydrogen-bond donors (Lipinski definition) is 2. The molecule has 0 spiro atoms. The summed E-state index contributed by atoms with van der Waals surface area (Å²) in [5.41, 5.74) is 5.27. The van der Waals surface area contributed by atoms with Gasteiger partial charge in [0.2, 0.25) is 5.91 Å². The van der Waals surface area contributed by atoms with E-state index in [1.807, 2.05) is 0 Å². The number of ether oxygens (including phenoxy) is 2. The van der Waals surface area contributed by atoms with Crippen molar-refractivity contribution >= 4 is 5.91 Å². The zero-order chi connectivity index (χ0) is 11.6. The molecule has 0 radical (unpaired) electrons. The number of rotatable bonds is 4. The van der Waals surface area contributed by atoms with Crippen LogP contribution in [0.25, 0.3) is 0 Å². The number of hydrogen-bond acceptors (Lipinski definition) is 4. The molecule has 2 fully saturated rings. The molecule has 0 bridgehead atoms. The van der Waals surface area contributed by atoms with Crippen LogP contribution < -0.4 is 11.1 Å². The normalized spacial score (nSPS) is 29.5. The van der Waals surface area contributed by atoms with Crippen LogP contribution in [-0.4, -0.2) is 43.9 Å². The Balaban J connectivity index is 1.74. The third-order valence-electron chi connectivity index (χ3n) is 3.29. The maximum atomic E-state index is 11.9. The van der Waals surface area contributed by atoms with E-state index in [4.69, 9.17) is 15.2 Å². The van der Waals surface area contributed by atoms with E-state index in [1.54, 1.807) is 6.92 Å². The van der Waals surface area contributed by atoms with Crippen LogP contribution in [0.5, 0.6) is 0 Å². The lowest BCUT2D eigenvalue weighted by molar-refractivity contribution is -0.129. The van der Waals surface area contributed by atoms with E-state index in [-0.39, 0.29) is 12.0 Å². The Morgan fingerprint density at radius 1 is 1.50 bits per heavy atom. The number of amides is 1. The highest BCUT2D eigenvalue weighted by Gasteiger charge is 2.44. The minimum Gasteiger partial charge on any atom is -0.376 e. The molecule has 1 heterocycles. The van der Waals surface area contributed by atoms with Gasteiger partial charge in [-0.2, -0.15) is 0 Å². The Morgan fingerprint density at radius 2 is 2.25 bits per heavy atom. The lowest BCUT2D eigenvalue weighted by Crippen LogP contribution is -2.55. The summed E-state index contributed by atoms with van der Waals surface area (Å²) in [5.74, 6) is 0.264. The van der Waals surface area contributed by atoms with E-state index in [9.17, 15) is 4.79 Å². The van der Waals surface area contributed by atoms with Crippen molar-refractivity contribution in [1.29, 1.82) is 0 Å². The van der Waals surface area contributed by atoms with Crippen LogP contribution >= 0.6 is 0 Å². The molecule has 92 valence electrons. The topological polar surface area (TPSA) is 73.6 Å². The molecule has 1 amide bonds. The van der Waals surface area contributed by atoms with Crippen LogP contribution in [0.3, 0.4) is 0 Å². The monoisotopic (exact) mass is 228 g/mol. The van der Waals surface area contributed by atoms with Crippen molar-refractivity contribution in [2.24, 2.45) is 11.7 Å². The second kappa shape index (κ2) is 4.69. The molecular weight excluding hydrogens is 208 g/mol. The summed E-state index contributed by atoms with van der Waals surface area (Å²) in [5, 5.41) is 2.85. The minimum absolute atomic E-state index is 0.0345. The second-order valence-electron chi connectivity index (χ2n) is 4.83. The van der Waals surface area contributed by atoms with E-state index in [0.29, 0.717) is 32.3 Å². The average Bonchev–Trinajstić information content (AvgIpc) is 3.11. The van der Waals surface area contributed by atoms with Gasteiger partial charge in [0.05, 0.1) is 31.5 Å². The quantitative estimate of drug-likeness (QED) is 0.689. The van der Waals surface area contributed by atoms with Gasteiger partial charge in [-0.15, -0.1) is 0 Å². The van der Waals surface area contributed by atoms with Crippen LogP contribution in [0.15, 0.2) is 0 Å². The Hall–Kier alpha value is -0.650. The Bertz CT molecular complexity index is 258. The van der Waals surface area contributed by atoms with Crippen LogP contribution in [0.4, 0.5) is 0 Å². The van der Waals surface area contributed by atoms with Gasteiger partial charge >= 0.3 is 0 Å². The molecule has 5 nitrogen and oxygen atoms in total. The first-order valence-electron chi connectivity index (χ1n) is 5.87. The predicted molar refractivity (Wildman–Crippen MR) is 58.9 cm³/mol. The molecule has 1 saturated heterocycles. The lowest BCUT2D eigenvalue weighted by Gasteiger charge is -2.27. The SMILES string of the molecule is CC(N)(C(=O)NCC1COCCO1)C1CC1. The minimum atomic E-state index is -0.727. The predicted octanol–water partition coefficient (Wildman–Crippen LogP) is -0.355. The summed E-state index contributed by atoms with van der Waals surface area (Å²) < 4.78 is 10.7. The van der Waals surface area contributed by atoms with Crippen LogP contribution in [0, 0.1) is 5.92 Å². The Morgan fingerprint density at radius 3 is 2.81 bits per heavy atom. The highest BCUT2D eigenvalue weighted by Crippen LogP contribution is 2.38. The maximum Gasteiger partial charge on any atom is 0.240 e. The van der Waals surface area contributed by atoms with Gasteiger partial charge in [-0.05, 0) is 25.7 Å². The molecule has 2 unspecified atom stereocenters. The zero-order valence-electron chi connectivity index (χ0n) is 9.70. The average molecular weight is 228 g/mol. The number of carbonyl (C=O) groups is 1. The van der Waals surface area contributed by atoms with Gasteiger partial charge in [0, 0.05) is 6.54 Å². The molecule has 0 aromatic rings. The summed E-state index contributed by atoms with van der Waals surface area (Å²) in [6.07, 6.45) is 2.08. The highest BCUT2D eigenvalue weighted by molar-refractivity contribution is 5.86. The molecule has 5 heteroatoms. The van der Waals surface area contributed by atoms with Crippen LogP contribution in [0.2, 0.25) is 0 Å². The van der Waals surface area contributed by atoms with Gasteiger partial charge in [0.1, 0.15) is 0 Å². The first kappa shape index (κ1) is 11.8. The van der Waals surface area contributed by atoms with Crippen LogP contribution in [0.1, 0.15) is 19.8 Å². The molecule has 1 aliphatic carbocycles. The molecule has 1 saturated carbocycles. The molecular formula is C11H20N2O3. The molecule has 3 N–H and O–H groups in total. The number of nitrogens with one attached hydrogen (secondary N) is 1. The van der Waals surface area contributed by atoms with Gasteiger partial charge in [-0.25, -0.2) is 0 Å². The Kier molecular flexibility index (Phi) is 3.47. The fraction of sp³-hybridized carbons (Fsp3) is 0.909. The van der Waals surface area contributed by atoms with E-state index >= 15 is 0 Å². The summed E-state index contributed by atoms with van der Waals surface area (Å²) in [6.45, 7) is 4.08. The fourth-order valence-electron chi connectivity index (χ4n) is 1.92. The van der Waals surface area contributed by atoms with Crippen LogP contribution in [-0.2, 0) is 14.3 Å². The van der Waals surface area contributed by atoms with E-state index in [0.717, 1.165) is 12.8 Å². The van der Waals surface area contributed by atoms with E-state index in [2.05, 4.69) is 5.32 Å². The zero-order valence-corrected chi connectivity index (χ0v) is 9.70. The van der Waals surface area contributed by atoms with Gasteiger partial charge in [-0.3, -0.25) is 4.79 Å². The van der Waals surface area contributed by atoms with Crippen molar-refractivity contribution in [2.45, 2.75) is 31.4 Å². The van der Waals surface area contributed by atoms with Gasteiger partial charge in [0.15, 0.2) is 0 Å². The van der Waals surface area contributed by atoms with Crippen molar-refractivity contribution < 1.29 is 14.3 Å². The lowest BCUT2D eigenvalue weighted by atomic mass is 9.96. The smallest absolute Gasteiger partial charge is 0.240 e. The summed E-state index contributed by atoms with van der Waals surface area (Å²) in [4.78, 5) is 11.9. The van der Waals surface area contributed by atoms with Gasteiger partial charge < -0.3 is 20.5 Å². The second-order valence-corrected chi connectivity index (χ2v) is 4.83. The van der Waals surface area contributed by atoms with Gasteiger partial charge in [-0.1, -0.05) is 0 Å². The Labute approximate surface area is 95.7 Å². The van der Waals surface area contributed by atoms with Crippen molar-refractivity contribution in [3.8, 4) is 0 Å². The standard InChI is InChI=1S/C11H20N2O3/c1-11(12,8-2-3-8)10(14)13-6-9-7-15-4-5-16-9/h8-9H,2-7,12H2,1H3,(H,13,14). The van der Waals surface area contributed by atoms with Gasteiger partial charge in [0.25, 0.3) is 0 Å². The van der Waals surface area contributed by atoms with E-state index < -0.39 is 5.54 Å². The highest BCUT2D eigenvalue weighted by atomic mass is 16.6. The van der Waals surface area contributed by atoms with E-state index in [1.165, 1.54) is 0 Å². The van der Waals surface area contributed by atoms with Crippen molar-refractivity contribution in [1.82, 2.24) is 5.32 Å².